The largest absolute Gasteiger partial charge is 0.453 e. The molecule has 2 aromatic rings. The summed E-state index contributed by atoms with van der Waals surface area (Å²) in [5.41, 5.74) is 3.32. The zero-order chi connectivity index (χ0) is 17.1. The monoisotopic (exact) mass is 333 g/mol. The molecule has 0 aliphatic rings. The zero-order valence-corrected chi connectivity index (χ0v) is 14.4. The van der Waals surface area contributed by atoms with Gasteiger partial charge in [-0.3, -0.25) is 19.0 Å². The second-order valence-corrected chi connectivity index (χ2v) is 6.35. The van der Waals surface area contributed by atoms with Gasteiger partial charge in [0, 0.05) is 16.6 Å². The third-order valence-corrected chi connectivity index (χ3v) is 4.61. The molecule has 1 atom stereocenters. The molecule has 0 aliphatic heterocycles. The van der Waals surface area contributed by atoms with E-state index in [0.29, 0.717) is 11.3 Å². The highest BCUT2D eigenvalue weighted by Crippen LogP contribution is 2.13. The predicted octanol–water partition coefficient (Wildman–Crippen LogP) is 2.65. The molecular formula is C17H19NO4S. The third kappa shape index (κ3) is 3.96. The Morgan fingerprint density at radius 2 is 1.91 bits per heavy atom. The Kier molecular flexibility index (Phi) is 5.15. The van der Waals surface area contributed by atoms with Gasteiger partial charge in [-0.2, -0.15) is 0 Å². The molecule has 0 fully saturated rings. The number of rotatable bonds is 5. The van der Waals surface area contributed by atoms with Crippen molar-refractivity contribution in [3.63, 3.8) is 0 Å². The van der Waals surface area contributed by atoms with Crippen molar-refractivity contribution in [2.75, 3.05) is 0 Å². The van der Waals surface area contributed by atoms with Gasteiger partial charge >= 0.3 is 10.8 Å². The van der Waals surface area contributed by atoms with E-state index in [9.17, 15) is 14.4 Å². The van der Waals surface area contributed by atoms with Crippen LogP contribution in [0.4, 0.5) is 0 Å². The van der Waals surface area contributed by atoms with Gasteiger partial charge in [-0.1, -0.05) is 23.5 Å². The third-order valence-electron chi connectivity index (χ3n) is 3.73. The van der Waals surface area contributed by atoms with Gasteiger partial charge in [0.15, 0.2) is 6.10 Å². The van der Waals surface area contributed by atoms with Crippen LogP contribution in [-0.2, 0) is 16.1 Å². The fraction of sp³-hybridized carbons (Fsp3) is 0.353. The van der Waals surface area contributed by atoms with Gasteiger partial charge in [0.05, 0.1) is 0 Å². The van der Waals surface area contributed by atoms with Crippen LogP contribution in [0.25, 0.3) is 0 Å². The molecule has 0 spiro atoms. The first kappa shape index (κ1) is 17.1. The summed E-state index contributed by atoms with van der Waals surface area (Å²) in [6.45, 7) is 6.99. The van der Waals surface area contributed by atoms with Crippen molar-refractivity contribution in [3.8, 4) is 0 Å². The van der Waals surface area contributed by atoms with Crippen molar-refractivity contribution in [3.05, 3.63) is 55.6 Å². The van der Waals surface area contributed by atoms with E-state index in [0.717, 1.165) is 22.5 Å². The van der Waals surface area contributed by atoms with Crippen molar-refractivity contribution in [2.45, 2.75) is 40.3 Å². The van der Waals surface area contributed by atoms with Crippen LogP contribution in [0, 0.1) is 20.8 Å². The minimum atomic E-state index is -0.890. The number of benzene rings is 1. The molecule has 0 bridgehead atoms. The van der Waals surface area contributed by atoms with Crippen LogP contribution in [0.2, 0.25) is 0 Å². The van der Waals surface area contributed by atoms with Gasteiger partial charge in [-0.15, -0.1) is 0 Å². The number of thiazole rings is 1. The number of aryl methyl sites for hydroxylation is 3. The van der Waals surface area contributed by atoms with E-state index in [4.69, 9.17) is 4.74 Å². The lowest BCUT2D eigenvalue weighted by Gasteiger charge is -2.13. The van der Waals surface area contributed by atoms with Crippen LogP contribution >= 0.6 is 11.3 Å². The average Bonchev–Trinajstić information content (AvgIpc) is 2.81. The van der Waals surface area contributed by atoms with Crippen LogP contribution < -0.4 is 4.87 Å². The second kappa shape index (κ2) is 6.91. The number of ketones is 1. The Labute approximate surface area is 138 Å². The number of hydrogen-bond acceptors (Lipinski definition) is 5. The first-order chi connectivity index (χ1) is 10.8. The molecule has 6 heteroatoms. The number of carbonyl (C=O) groups is 2. The summed E-state index contributed by atoms with van der Waals surface area (Å²) in [6, 6.07) is 5.38. The van der Waals surface area contributed by atoms with E-state index < -0.39 is 12.1 Å². The summed E-state index contributed by atoms with van der Waals surface area (Å²) >= 11 is 1.03. The van der Waals surface area contributed by atoms with Crippen molar-refractivity contribution in [1.29, 1.82) is 0 Å². The van der Waals surface area contributed by atoms with Crippen LogP contribution in [-0.4, -0.2) is 22.4 Å². The topological polar surface area (TPSA) is 65.4 Å². The Bertz CT molecular complexity index is 803. The molecule has 0 amide bonds. The second-order valence-electron chi connectivity index (χ2n) is 5.52. The molecule has 5 nitrogen and oxygen atoms in total. The van der Waals surface area contributed by atoms with E-state index in [1.54, 1.807) is 31.4 Å². The zero-order valence-electron chi connectivity index (χ0n) is 13.6. The van der Waals surface area contributed by atoms with Crippen LogP contribution in [0.15, 0.2) is 28.4 Å². The normalized spacial score (nSPS) is 12.0. The van der Waals surface area contributed by atoms with Crippen molar-refractivity contribution in [2.24, 2.45) is 0 Å². The molecule has 0 unspecified atom stereocenters. The maximum atomic E-state index is 12.3. The minimum Gasteiger partial charge on any atom is -0.453 e. The van der Waals surface area contributed by atoms with E-state index >= 15 is 0 Å². The fourth-order valence-electron chi connectivity index (χ4n) is 2.14. The summed E-state index contributed by atoms with van der Waals surface area (Å²) in [5, 5.41) is 1.68. The summed E-state index contributed by atoms with van der Waals surface area (Å²) in [5.74, 6) is -0.853. The highest BCUT2D eigenvalue weighted by molar-refractivity contribution is 7.07. The Morgan fingerprint density at radius 1 is 1.22 bits per heavy atom. The van der Waals surface area contributed by atoms with Gasteiger partial charge in [0.2, 0.25) is 5.78 Å². The number of Topliss-reactive ketones (excluding diaryl/α,β-unsaturated/α-hetero) is 1. The van der Waals surface area contributed by atoms with Crippen molar-refractivity contribution in [1.82, 2.24) is 4.57 Å². The molecule has 2 rings (SSSR count). The van der Waals surface area contributed by atoms with Gasteiger partial charge in [-0.05, 0) is 44.9 Å². The van der Waals surface area contributed by atoms with Crippen LogP contribution in [0.5, 0.6) is 0 Å². The van der Waals surface area contributed by atoms with Crippen molar-refractivity contribution >= 4 is 23.1 Å². The predicted molar refractivity (Wildman–Crippen MR) is 89.1 cm³/mol. The van der Waals surface area contributed by atoms with Gasteiger partial charge in [0.25, 0.3) is 0 Å². The summed E-state index contributed by atoms with van der Waals surface area (Å²) in [4.78, 5) is 35.7. The molecule has 0 N–H and O–H groups in total. The lowest BCUT2D eigenvalue weighted by molar-refractivity contribution is -0.147. The first-order valence-corrected chi connectivity index (χ1v) is 8.13. The first-order valence-electron chi connectivity index (χ1n) is 7.25. The highest BCUT2D eigenvalue weighted by atomic mass is 32.1. The SMILES string of the molecule is Cc1ccc(C(=O)[C@H](C)OC(=O)Cn2c(C)csc2=O)cc1C. The smallest absolute Gasteiger partial charge is 0.326 e. The van der Waals surface area contributed by atoms with Gasteiger partial charge < -0.3 is 4.74 Å². The highest BCUT2D eigenvalue weighted by Gasteiger charge is 2.20. The van der Waals surface area contributed by atoms with Crippen molar-refractivity contribution < 1.29 is 14.3 Å². The quantitative estimate of drug-likeness (QED) is 0.623. The van der Waals surface area contributed by atoms with E-state index in [1.165, 1.54) is 4.57 Å². The fourth-order valence-corrected chi connectivity index (χ4v) is 2.88. The van der Waals surface area contributed by atoms with Gasteiger partial charge in [0.1, 0.15) is 6.54 Å². The molecule has 1 aromatic heterocycles. The number of hydrogen-bond donors (Lipinski definition) is 0. The summed E-state index contributed by atoms with van der Waals surface area (Å²) in [6.07, 6.45) is -0.890. The molecule has 122 valence electrons. The van der Waals surface area contributed by atoms with Crippen LogP contribution in [0.1, 0.15) is 34.1 Å². The van der Waals surface area contributed by atoms with E-state index in [-0.39, 0.29) is 17.2 Å². The number of nitrogens with zero attached hydrogens (tertiary/aromatic N) is 1. The summed E-state index contributed by atoms with van der Waals surface area (Å²) in [7, 11) is 0. The maximum absolute atomic E-state index is 12.3. The van der Waals surface area contributed by atoms with Gasteiger partial charge in [-0.25, -0.2) is 0 Å². The molecule has 0 aliphatic carbocycles. The Morgan fingerprint density at radius 3 is 2.48 bits per heavy atom. The van der Waals surface area contributed by atoms with E-state index in [1.807, 2.05) is 19.9 Å². The van der Waals surface area contributed by atoms with Crippen LogP contribution in [0.3, 0.4) is 0 Å². The molecule has 23 heavy (non-hydrogen) atoms. The lowest BCUT2D eigenvalue weighted by atomic mass is 10.0. The Balaban J connectivity index is 2.04. The molecule has 0 radical (unpaired) electrons. The average molecular weight is 333 g/mol. The number of esters is 1. The molecule has 1 aromatic carbocycles. The standard InChI is InChI=1S/C17H19NO4S/c1-10-5-6-14(7-11(10)2)16(20)13(4)22-15(19)8-18-12(3)9-23-17(18)21/h5-7,9,13H,8H2,1-4H3/t13-/m0/s1. The summed E-state index contributed by atoms with van der Waals surface area (Å²) < 4.78 is 6.51. The number of carbonyl (C=O) groups excluding carboxylic acids is 2. The lowest BCUT2D eigenvalue weighted by Crippen LogP contribution is -2.29. The molecule has 0 saturated heterocycles. The molecule has 1 heterocycles. The number of ether oxygens (including phenoxy) is 1. The minimum absolute atomic E-state index is 0.182. The molecule has 0 saturated carbocycles. The van der Waals surface area contributed by atoms with E-state index in [2.05, 4.69) is 0 Å². The molecular weight excluding hydrogens is 314 g/mol. The Hall–Kier alpha value is -2.21. The maximum Gasteiger partial charge on any atom is 0.326 e. The number of aromatic nitrogens is 1.